The predicted molar refractivity (Wildman–Crippen MR) is 113 cm³/mol. The largest absolute Gasteiger partial charge is 0.497 e. The summed E-state index contributed by atoms with van der Waals surface area (Å²) in [6.45, 7) is 1.85. The molecule has 0 aromatic heterocycles. The predicted octanol–water partition coefficient (Wildman–Crippen LogP) is 3.51. The van der Waals surface area contributed by atoms with E-state index in [9.17, 15) is 4.79 Å². The van der Waals surface area contributed by atoms with Crippen molar-refractivity contribution in [3.63, 3.8) is 0 Å². The van der Waals surface area contributed by atoms with Crippen LogP contribution in [0.2, 0.25) is 0 Å². The van der Waals surface area contributed by atoms with E-state index in [2.05, 4.69) is 4.90 Å². The number of rotatable bonds is 8. The molecular formula is C23H30N2O4. The lowest BCUT2D eigenvalue weighted by Gasteiger charge is -2.28. The van der Waals surface area contributed by atoms with Crippen molar-refractivity contribution in [3.05, 3.63) is 53.6 Å². The monoisotopic (exact) mass is 398 g/mol. The smallest absolute Gasteiger partial charge is 0.236 e. The molecular weight excluding hydrogens is 368 g/mol. The zero-order valence-electron chi connectivity index (χ0n) is 17.7. The molecule has 0 radical (unpaired) electrons. The highest BCUT2D eigenvalue weighted by atomic mass is 16.5. The van der Waals surface area contributed by atoms with Crippen LogP contribution in [0.25, 0.3) is 0 Å². The third kappa shape index (κ3) is 5.01. The first-order chi connectivity index (χ1) is 14.0. The molecule has 156 valence electrons. The summed E-state index contributed by atoms with van der Waals surface area (Å²) in [4.78, 5) is 16.9. The summed E-state index contributed by atoms with van der Waals surface area (Å²) in [6, 6.07) is 13.9. The molecule has 1 fully saturated rings. The molecule has 0 aliphatic carbocycles. The SMILES string of the molecule is COc1cccc(CN(C)C(=O)CN2CCCC2c2ccc(OC)cc2OC)c1. The highest BCUT2D eigenvalue weighted by Gasteiger charge is 2.30. The van der Waals surface area contributed by atoms with Crippen molar-refractivity contribution in [2.75, 3.05) is 41.5 Å². The Labute approximate surface area is 173 Å². The maximum atomic E-state index is 12.9. The standard InChI is InChI=1S/C23H30N2O4/c1-24(15-17-7-5-8-18(13-17)27-2)23(26)16-25-12-6-9-21(25)20-11-10-19(28-3)14-22(20)29-4/h5,7-8,10-11,13-14,21H,6,9,12,15-16H2,1-4H3. The first-order valence-electron chi connectivity index (χ1n) is 9.88. The van der Waals surface area contributed by atoms with Crippen LogP contribution in [0.3, 0.4) is 0 Å². The molecule has 1 amide bonds. The second kappa shape index (κ2) is 9.65. The molecule has 3 rings (SSSR count). The second-order valence-electron chi connectivity index (χ2n) is 7.34. The number of methoxy groups -OCH3 is 3. The maximum absolute atomic E-state index is 12.9. The lowest BCUT2D eigenvalue weighted by atomic mass is 10.0. The van der Waals surface area contributed by atoms with E-state index in [0.717, 1.165) is 47.8 Å². The van der Waals surface area contributed by atoms with Crippen LogP contribution >= 0.6 is 0 Å². The quantitative estimate of drug-likeness (QED) is 0.681. The van der Waals surface area contributed by atoms with E-state index in [1.165, 1.54) is 0 Å². The molecule has 1 unspecified atom stereocenters. The second-order valence-corrected chi connectivity index (χ2v) is 7.34. The summed E-state index contributed by atoms with van der Waals surface area (Å²) in [5, 5.41) is 0. The molecule has 0 N–H and O–H groups in total. The fraction of sp³-hybridized carbons (Fsp3) is 0.435. The minimum Gasteiger partial charge on any atom is -0.497 e. The lowest BCUT2D eigenvalue weighted by Crippen LogP contribution is -2.37. The Balaban J connectivity index is 1.67. The third-order valence-corrected chi connectivity index (χ3v) is 5.48. The summed E-state index contributed by atoms with van der Waals surface area (Å²) in [5.41, 5.74) is 2.16. The van der Waals surface area contributed by atoms with E-state index in [1.54, 1.807) is 26.2 Å². The van der Waals surface area contributed by atoms with E-state index in [-0.39, 0.29) is 11.9 Å². The highest BCUT2D eigenvalue weighted by molar-refractivity contribution is 5.78. The molecule has 1 heterocycles. The van der Waals surface area contributed by atoms with E-state index >= 15 is 0 Å². The number of nitrogens with zero attached hydrogens (tertiary/aromatic N) is 2. The van der Waals surface area contributed by atoms with Crippen LogP contribution in [0, 0.1) is 0 Å². The number of ether oxygens (including phenoxy) is 3. The summed E-state index contributed by atoms with van der Waals surface area (Å²) >= 11 is 0. The molecule has 1 aliphatic heterocycles. The summed E-state index contributed by atoms with van der Waals surface area (Å²) < 4.78 is 16.2. The van der Waals surface area contributed by atoms with Crippen molar-refractivity contribution in [1.82, 2.24) is 9.80 Å². The topological polar surface area (TPSA) is 51.2 Å². The molecule has 2 aromatic rings. The Hall–Kier alpha value is -2.73. The van der Waals surface area contributed by atoms with Gasteiger partial charge < -0.3 is 19.1 Å². The molecule has 1 aliphatic rings. The van der Waals surface area contributed by atoms with Gasteiger partial charge in [-0.25, -0.2) is 0 Å². The van der Waals surface area contributed by atoms with E-state index in [4.69, 9.17) is 14.2 Å². The number of benzene rings is 2. The van der Waals surface area contributed by atoms with Crippen molar-refractivity contribution < 1.29 is 19.0 Å². The summed E-state index contributed by atoms with van der Waals surface area (Å²) in [6.07, 6.45) is 2.07. The first-order valence-corrected chi connectivity index (χ1v) is 9.88. The van der Waals surface area contributed by atoms with Gasteiger partial charge >= 0.3 is 0 Å². The van der Waals surface area contributed by atoms with Crippen LogP contribution in [-0.4, -0.2) is 57.2 Å². The first kappa shape index (κ1) is 21.0. The number of hydrogen-bond acceptors (Lipinski definition) is 5. The molecule has 0 saturated carbocycles. The zero-order chi connectivity index (χ0) is 20.8. The van der Waals surface area contributed by atoms with Gasteiger partial charge in [-0.1, -0.05) is 18.2 Å². The van der Waals surface area contributed by atoms with Crippen molar-refractivity contribution in [2.45, 2.75) is 25.4 Å². The van der Waals surface area contributed by atoms with E-state index < -0.39 is 0 Å². The Morgan fingerprint density at radius 1 is 1.07 bits per heavy atom. The molecule has 2 aromatic carbocycles. The molecule has 29 heavy (non-hydrogen) atoms. The van der Waals surface area contributed by atoms with Gasteiger partial charge in [-0.05, 0) is 43.1 Å². The fourth-order valence-corrected chi connectivity index (χ4v) is 3.89. The average Bonchev–Trinajstić information content (AvgIpc) is 3.21. The van der Waals surface area contributed by atoms with Crippen molar-refractivity contribution in [2.24, 2.45) is 0 Å². The molecule has 6 heteroatoms. The molecule has 0 spiro atoms. The van der Waals surface area contributed by atoms with Crippen LogP contribution in [0.5, 0.6) is 17.2 Å². The van der Waals surface area contributed by atoms with Gasteiger partial charge in [0.05, 0.1) is 27.9 Å². The number of carbonyl (C=O) groups excluding carboxylic acids is 1. The summed E-state index contributed by atoms with van der Waals surface area (Å²) in [7, 11) is 6.81. The maximum Gasteiger partial charge on any atom is 0.236 e. The van der Waals surface area contributed by atoms with Gasteiger partial charge in [0.1, 0.15) is 17.2 Å². The van der Waals surface area contributed by atoms with Crippen LogP contribution in [-0.2, 0) is 11.3 Å². The normalized spacial score (nSPS) is 16.5. The summed E-state index contributed by atoms with van der Waals surface area (Å²) in [5.74, 6) is 2.48. The van der Waals surface area contributed by atoms with Crippen LogP contribution < -0.4 is 14.2 Å². The van der Waals surface area contributed by atoms with Crippen LogP contribution in [0.15, 0.2) is 42.5 Å². The Kier molecular flexibility index (Phi) is 6.99. The van der Waals surface area contributed by atoms with Gasteiger partial charge in [-0.2, -0.15) is 0 Å². The molecule has 0 bridgehead atoms. The molecule has 1 atom stereocenters. The minimum absolute atomic E-state index is 0.104. The van der Waals surface area contributed by atoms with Gasteiger partial charge in [0.15, 0.2) is 0 Å². The number of likely N-dealkylation sites (tertiary alicyclic amines) is 1. The molecule has 6 nitrogen and oxygen atoms in total. The Morgan fingerprint density at radius 2 is 1.83 bits per heavy atom. The fourth-order valence-electron chi connectivity index (χ4n) is 3.89. The number of likely N-dealkylation sites (N-methyl/N-ethyl adjacent to an activating group) is 1. The van der Waals surface area contributed by atoms with Crippen molar-refractivity contribution in [1.29, 1.82) is 0 Å². The Bertz CT molecular complexity index is 839. The minimum atomic E-state index is 0.104. The van der Waals surface area contributed by atoms with Crippen molar-refractivity contribution in [3.8, 4) is 17.2 Å². The van der Waals surface area contributed by atoms with Gasteiger partial charge in [0.25, 0.3) is 0 Å². The van der Waals surface area contributed by atoms with Crippen LogP contribution in [0.4, 0.5) is 0 Å². The van der Waals surface area contributed by atoms with Gasteiger partial charge in [-0.15, -0.1) is 0 Å². The zero-order valence-corrected chi connectivity index (χ0v) is 17.7. The molecule has 1 saturated heterocycles. The van der Waals surface area contributed by atoms with E-state index in [0.29, 0.717) is 13.1 Å². The Morgan fingerprint density at radius 3 is 2.55 bits per heavy atom. The average molecular weight is 399 g/mol. The highest BCUT2D eigenvalue weighted by Crippen LogP contribution is 2.38. The third-order valence-electron chi connectivity index (χ3n) is 5.48. The van der Waals surface area contributed by atoms with Gasteiger partial charge in [0.2, 0.25) is 5.91 Å². The lowest BCUT2D eigenvalue weighted by molar-refractivity contribution is -0.131. The van der Waals surface area contributed by atoms with Crippen LogP contribution in [0.1, 0.15) is 30.0 Å². The number of hydrogen-bond donors (Lipinski definition) is 0. The number of amides is 1. The number of carbonyl (C=O) groups is 1. The van der Waals surface area contributed by atoms with Gasteiger partial charge in [0, 0.05) is 31.3 Å². The van der Waals surface area contributed by atoms with Gasteiger partial charge in [-0.3, -0.25) is 9.69 Å². The van der Waals surface area contributed by atoms with E-state index in [1.807, 2.05) is 49.5 Å². The van der Waals surface area contributed by atoms with Crippen molar-refractivity contribution >= 4 is 5.91 Å².